The summed E-state index contributed by atoms with van der Waals surface area (Å²) in [6, 6.07) is 11.1. The monoisotopic (exact) mass is 415 g/mol. The Morgan fingerprint density at radius 2 is 1.83 bits per heavy atom. The molecule has 1 heterocycles. The first-order valence-corrected chi connectivity index (χ1v) is 9.66. The Labute approximate surface area is 174 Å². The summed E-state index contributed by atoms with van der Waals surface area (Å²) >= 11 is 5.98. The highest BCUT2D eigenvalue weighted by atomic mass is 35.5. The molecule has 0 spiro atoms. The van der Waals surface area contributed by atoms with Gasteiger partial charge in [0.1, 0.15) is 0 Å². The largest absolute Gasteiger partial charge is 0.503 e. The highest BCUT2D eigenvalue weighted by Crippen LogP contribution is 2.43. The van der Waals surface area contributed by atoms with Crippen molar-refractivity contribution in [3.63, 3.8) is 0 Å². The summed E-state index contributed by atoms with van der Waals surface area (Å²) in [5.74, 6) is -0.445. The topological polar surface area (TPSA) is 76.1 Å². The number of aliphatic hydroxyl groups is 1. The molecular formula is C22H22ClNO5. The molecule has 1 N–H and O–H groups in total. The Bertz CT molecular complexity index is 968. The lowest BCUT2D eigenvalue weighted by Crippen LogP contribution is -2.31. The first-order chi connectivity index (χ1) is 13.9. The van der Waals surface area contributed by atoms with Gasteiger partial charge in [0.05, 0.1) is 25.3 Å². The Hall–Kier alpha value is -2.99. The van der Waals surface area contributed by atoms with Crippen LogP contribution in [0.2, 0.25) is 5.02 Å². The number of carbonyl (C=O) groups is 2. The van der Waals surface area contributed by atoms with Crippen LogP contribution in [0.1, 0.15) is 31.9 Å². The molecule has 0 aromatic heterocycles. The molecule has 2 aromatic carbocycles. The molecule has 1 atom stereocenters. The number of hydrogen-bond acceptors (Lipinski definition) is 5. The molecule has 2 aromatic rings. The van der Waals surface area contributed by atoms with Crippen LogP contribution in [0.15, 0.2) is 53.8 Å². The van der Waals surface area contributed by atoms with Gasteiger partial charge in [-0.2, -0.15) is 0 Å². The summed E-state index contributed by atoms with van der Waals surface area (Å²) in [7, 11) is 1.54. The molecule has 0 bridgehead atoms. The fraction of sp³-hybridized carbons (Fsp3) is 0.273. The molecule has 0 radical (unpaired) electrons. The lowest BCUT2D eigenvalue weighted by molar-refractivity contribution is -0.118. The van der Waals surface area contributed by atoms with E-state index in [2.05, 4.69) is 0 Å². The quantitative estimate of drug-likeness (QED) is 0.713. The van der Waals surface area contributed by atoms with Crippen LogP contribution in [0.3, 0.4) is 0 Å². The molecular weight excluding hydrogens is 394 g/mol. The van der Waals surface area contributed by atoms with Gasteiger partial charge in [-0.1, -0.05) is 24.6 Å². The Morgan fingerprint density at radius 3 is 2.41 bits per heavy atom. The van der Waals surface area contributed by atoms with E-state index in [1.165, 1.54) is 12.0 Å². The average Bonchev–Trinajstić information content (AvgIpc) is 2.99. The first-order valence-electron chi connectivity index (χ1n) is 9.29. The van der Waals surface area contributed by atoms with Crippen LogP contribution in [0.4, 0.5) is 5.69 Å². The van der Waals surface area contributed by atoms with Gasteiger partial charge >= 0.3 is 0 Å². The van der Waals surface area contributed by atoms with Crippen LogP contribution in [0.25, 0.3) is 0 Å². The Morgan fingerprint density at radius 1 is 1.14 bits per heavy atom. The number of rotatable bonds is 7. The second-order valence-corrected chi connectivity index (χ2v) is 6.87. The smallest absolute Gasteiger partial charge is 0.294 e. The summed E-state index contributed by atoms with van der Waals surface area (Å²) in [6.07, 6.45) is 0.159. The van der Waals surface area contributed by atoms with Crippen LogP contribution in [0, 0.1) is 0 Å². The molecule has 0 saturated carbocycles. The van der Waals surface area contributed by atoms with Gasteiger partial charge in [-0.3, -0.25) is 14.5 Å². The van der Waals surface area contributed by atoms with Crippen LogP contribution in [-0.2, 0) is 9.59 Å². The number of anilines is 1. The summed E-state index contributed by atoms with van der Waals surface area (Å²) in [5.41, 5.74) is 1.21. The van der Waals surface area contributed by atoms with Crippen molar-refractivity contribution in [3.05, 3.63) is 64.4 Å². The highest BCUT2D eigenvalue weighted by Gasteiger charge is 2.44. The lowest BCUT2D eigenvalue weighted by Gasteiger charge is -2.27. The van der Waals surface area contributed by atoms with Gasteiger partial charge in [-0.15, -0.1) is 0 Å². The average molecular weight is 416 g/mol. The zero-order valence-electron chi connectivity index (χ0n) is 16.4. The fourth-order valence-corrected chi connectivity index (χ4v) is 3.52. The molecule has 3 rings (SSSR count). The van der Waals surface area contributed by atoms with E-state index in [0.717, 1.165) is 0 Å². The van der Waals surface area contributed by atoms with Crippen molar-refractivity contribution < 1.29 is 24.2 Å². The van der Waals surface area contributed by atoms with Gasteiger partial charge < -0.3 is 14.6 Å². The second kappa shape index (κ2) is 8.57. The van der Waals surface area contributed by atoms with Crippen molar-refractivity contribution in [2.75, 3.05) is 18.6 Å². The van der Waals surface area contributed by atoms with Crippen molar-refractivity contribution in [2.24, 2.45) is 0 Å². The van der Waals surface area contributed by atoms with Crippen molar-refractivity contribution in [2.45, 2.75) is 26.3 Å². The first kappa shape index (κ1) is 20.7. The van der Waals surface area contributed by atoms with Gasteiger partial charge in [0.25, 0.3) is 5.91 Å². The number of Topliss-reactive ketones (excluding diaryl/α,β-unsaturated/α-hetero) is 1. The number of aliphatic hydroxyl groups excluding tert-OH is 1. The molecule has 0 aliphatic carbocycles. The number of ketones is 1. The van der Waals surface area contributed by atoms with E-state index in [0.29, 0.717) is 34.4 Å². The maximum Gasteiger partial charge on any atom is 0.294 e. The normalized spacial score (nSPS) is 16.3. The summed E-state index contributed by atoms with van der Waals surface area (Å²) < 4.78 is 11.0. The standard InChI is InChI=1S/C22H22ClNO5/c1-4-16(25)19-20(13-6-11-17(28-3)18(12-13)29-5-2)24(22(27)21(19)26)15-9-7-14(23)8-10-15/h6-12,20,26H,4-5H2,1-3H3. The minimum atomic E-state index is -0.791. The minimum Gasteiger partial charge on any atom is -0.503 e. The lowest BCUT2D eigenvalue weighted by atomic mass is 9.94. The Balaban J connectivity index is 2.18. The third-order valence-electron chi connectivity index (χ3n) is 4.74. The van der Waals surface area contributed by atoms with Crippen molar-refractivity contribution >= 4 is 29.0 Å². The van der Waals surface area contributed by atoms with E-state index in [1.807, 2.05) is 6.92 Å². The number of ether oxygens (including phenoxy) is 2. The molecule has 29 heavy (non-hydrogen) atoms. The number of benzene rings is 2. The maximum atomic E-state index is 12.9. The second-order valence-electron chi connectivity index (χ2n) is 6.44. The number of amides is 1. The van der Waals surface area contributed by atoms with Crippen LogP contribution < -0.4 is 14.4 Å². The number of hydrogen-bond donors (Lipinski definition) is 1. The molecule has 1 unspecified atom stereocenters. The van der Waals surface area contributed by atoms with Crippen LogP contribution >= 0.6 is 11.6 Å². The number of halogens is 1. The van der Waals surface area contributed by atoms with E-state index in [1.54, 1.807) is 49.4 Å². The summed E-state index contributed by atoms with van der Waals surface area (Å²) in [4.78, 5) is 27.0. The van der Waals surface area contributed by atoms with Gasteiger partial charge in [0.2, 0.25) is 0 Å². The third kappa shape index (κ3) is 3.80. The predicted octanol–water partition coefficient (Wildman–Crippen LogP) is 4.63. The molecule has 0 fully saturated rings. The predicted molar refractivity (Wildman–Crippen MR) is 111 cm³/mol. The van der Waals surface area contributed by atoms with E-state index in [4.69, 9.17) is 21.1 Å². The molecule has 7 heteroatoms. The molecule has 1 amide bonds. The Kier molecular flexibility index (Phi) is 6.13. The molecule has 152 valence electrons. The van der Waals surface area contributed by atoms with E-state index in [9.17, 15) is 14.7 Å². The SMILES string of the molecule is CCOc1cc(C2C(C(=O)CC)=C(O)C(=O)N2c2ccc(Cl)cc2)ccc1OC. The molecule has 1 aliphatic heterocycles. The molecule has 6 nitrogen and oxygen atoms in total. The summed E-state index contributed by atoms with van der Waals surface area (Å²) in [6.45, 7) is 3.96. The van der Waals surface area contributed by atoms with Crippen LogP contribution in [0.5, 0.6) is 11.5 Å². The highest BCUT2D eigenvalue weighted by molar-refractivity contribution is 6.30. The van der Waals surface area contributed by atoms with Gasteiger partial charge in [0, 0.05) is 17.1 Å². The summed E-state index contributed by atoms with van der Waals surface area (Å²) in [5, 5.41) is 11.1. The van der Waals surface area contributed by atoms with E-state index < -0.39 is 17.7 Å². The zero-order chi connectivity index (χ0) is 21.1. The molecule has 1 aliphatic rings. The van der Waals surface area contributed by atoms with Gasteiger partial charge in [-0.05, 0) is 48.9 Å². The number of nitrogens with zero attached hydrogens (tertiary/aromatic N) is 1. The van der Waals surface area contributed by atoms with Crippen molar-refractivity contribution in [1.82, 2.24) is 0 Å². The van der Waals surface area contributed by atoms with Crippen LogP contribution in [-0.4, -0.2) is 30.5 Å². The van der Waals surface area contributed by atoms with Gasteiger partial charge in [-0.25, -0.2) is 0 Å². The minimum absolute atomic E-state index is 0.0695. The third-order valence-corrected chi connectivity index (χ3v) is 4.99. The zero-order valence-corrected chi connectivity index (χ0v) is 17.2. The van der Waals surface area contributed by atoms with E-state index >= 15 is 0 Å². The van der Waals surface area contributed by atoms with Gasteiger partial charge in [0.15, 0.2) is 23.0 Å². The maximum absolute atomic E-state index is 12.9. The van der Waals surface area contributed by atoms with E-state index in [-0.39, 0.29) is 17.8 Å². The number of methoxy groups -OCH3 is 1. The molecule has 0 saturated heterocycles. The number of carbonyl (C=O) groups excluding carboxylic acids is 2. The van der Waals surface area contributed by atoms with Crippen molar-refractivity contribution in [1.29, 1.82) is 0 Å². The fourth-order valence-electron chi connectivity index (χ4n) is 3.40. The van der Waals surface area contributed by atoms with Crippen molar-refractivity contribution in [3.8, 4) is 11.5 Å².